The van der Waals surface area contributed by atoms with Gasteiger partial charge >= 0.3 is 0 Å². The fourth-order valence-electron chi connectivity index (χ4n) is 3.22. The molecule has 0 aromatic heterocycles. The van der Waals surface area contributed by atoms with Crippen molar-refractivity contribution in [3.8, 4) is 0 Å². The molecule has 108 valence electrons. The number of carbonyl (C=O) groups is 1. The Hall–Kier alpha value is -1.35. The number of ether oxygens (including phenoxy) is 1. The second kappa shape index (κ2) is 6.40. The second-order valence-electron chi connectivity index (χ2n) is 5.88. The Morgan fingerprint density at radius 3 is 2.55 bits per heavy atom. The number of hydrogen-bond acceptors (Lipinski definition) is 3. The number of benzene rings is 1. The summed E-state index contributed by atoms with van der Waals surface area (Å²) in [5, 5.41) is 0. The van der Waals surface area contributed by atoms with Crippen molar-refractivity contribution in [2.24, 2.45) is 5.92 Å². The molecule has 3 heteroatoms. The minimum absolute atomic E-state index is 0.262. The van der Waals surface area contributed by atoms with Crippen LogP contribution in [0.25, 0.3) is 0 Å². The number of morpholine rings is 1. The van der Waals surface area contributed by atoms with Crippen molar-refractivity contribution in [2.45, 2.75) is 32.1 Å². The lowest BCUT2D eigenvalue weighted by Gasteiger charge is -2.29. The summed E-state index contributed by atoms with van der Waals surface area (Å²) >= 11 is 0. The lowest BCUT2D eigenvalue weighted by molar-refractivity contribution is -0.124. The Labute approximate surface area is 120 Å². The van der Waals surface area contributed by atoms with Crippen molar-refractivity contribution in [1.82, 2.24) is 0 Å². The predicted octanol–water partition coefficient (Wildman–Crippen LogP) is 2.83. The monoisotopic (exact) mass is 273 g/mol. The van der Waals surface area contributed by atoms with E-state index in [1.54, 1.807) is 0 Å². The molecular formula is C17H23NO2. The summed E-state index contributed by atoms with van der Waals surface area (Å²) in [4.78, 5) is 14.3. The molecule has 3 nitrogen and oxygen atoms in total. The third-order valence-corrected chi connectivity index (χ3v) is 4.48. The van der Waals surface area contributed by atoms with Crippen LogP contribution < -0.4 is 4.90 Å². The summed E-state index contributed by atoms with van der Waals surface area (Å²) in [6, 6.07) is 8.75. The molecule has 1 saturated heterocycles. The molecule has 0 amide bonds. The molecular weight excluding hydrogens is 250 g/mol. The zero-order chi connectivity index (χ0) is 13.8. The highest BCUT2D eigenvalue weighted by Crippen LogP contribution is 2.25. The van der Waals surface area contributed by atoms with Gasteiger partial charge in [-0.3, -0.25) is 4.79 Å². The summed E-state index contributed by atoms with van der Waals surface area (Å²) < 4.78 is 5.38. The highest BCUT2D eigenvalue weighted by Gasteiger charge is 2.22. The molecule has 0 radical (unpaired) electrons. The number of Topliss-reactive ketones (excluding diaryl/α,β-unsaturated/α-hetero) is 1. The van der Waals surface area contributed by atoms with Crippen LogP contribution in [0.4, 0.5) is 5.69 Å². The highest BCUT2D eigenvalue weighted by molar-refractivity contribution is 5.81. The van der Waals surface area contributed by atoms with Gasteiger partial charge in [-0.15, -0.1) is 0 Å². The molecule has 2 fully saturated rings. The minimum Gasteiger partial charge on any atom is -0.378 e. The quantitative estimate of drug-likeness (QED) is 0.848. The van der Waals surface area contributed by atoms with Gasteiger partial charge in [-0.05, 0) is 37.0 Å². The number of anilines is 1. The zero-order valence-electron chi connectivity index (χ0n) is 12.0. The van der Waals surface area contributed by atoms with Gasteiger partial charge in [0.15, 0.2) is 0 Å². The lowest BCUT2D eigenvalue weighted by Crippen LogP contribution is -2.36. The fourth-order valence-corrected chi connectivity index (χ4v) is 3.22. The molecule has 1 saturated carbocycles. The zero-order valence-corrected chi connectivity index (χ0v) is 12.0. The van der Waals surface area contributed by atoms with Crippen LogP contribution in [0.5, 0.6) is 0 Å². The third kappa shape index (κ3) is 3.21. The van der Waals surface area contributed by atoms with Gasteiger partial charge in [0, 0.05) is 31.1 Å². The van der Waals surface area contributed by atoms with Crippen molar-refractivity contribution in [2.75, 3.05) is 31.2 Å². The fraction of sp³-hybridized carbons (Fsp3) is 0.588. The van der Waals surface area contributed by atoms with E-state index in [2.05, 4.69) is 29.2 Å². The van der Waals surface area contributed by atoms with E-state index >= 15 is 0 Å². The number of rotatable bonds is 3. The van der Waals surface area contributed by atoms with Gasteiger partial charge in [-0.25, -0.2) is 0 Å². The first-order valence-corrected chi connectivity index (χ1v) is 7.77. The molecule has 2 aliphatic rings. The van der Waals surface area contributed by atoms with Crippen LogP contribution in [0.1, 0.15) is 31.2 Å². The van der Waals surface area contributed by atoms with Crippen molar-refractivity contribution in [1.29, 1.82) is 0 Å². The average molecular weight is 273 g/mol. The molecule has 0 spiro atoms. The first-order chi connectivity index (χ1) is 9.83. The number of hydrogen-bond donors (Lipinski definition) is 0. The molecule has 3 rings (SSSR count). The first kappa shape index (κ1) is 13.6. The van der Waals surface area contributed by atoms with Crippen molar-refractivity contribution < 1.29 is 9.53 Å². The Bertz CT molecular complexity index is 449. The van der Waals surface area contributed by atoms with E-state index in [0.29, 0.717) is 5.78 Å². The smallest absolute Gasteiger partial charge is 0.136 e. The van der Waals surface area contributed by atoms with E-state index in [0.717, 1.165) is 52.0 Å². The van der Waals surface area contributed by atoms with Gasteiger partial charge in [0.1, 0.15) is 5.78 Å². The molecule has 0 bridgehead atoms. The largest absolute Gasteiger partial charge is 0.378 e. The van der Waals surface area contributed by atoms with Crippen LogP contribution in [0.3, 0.4) is 0 Å². The van der Waals surface area contributed by atoms with Gasteiger partial charge in [-0.2, -0.15) is 0 Å². The van der Waals surface area contributed by atoms with E-state index in [-0.39, 0.29) is 5.92 Å². The summed E-state index contributed by atoms with van der Waals surface area (Å²) in [7, 11) is 0. The second-order valence-corrected chi connectivity index (χ2v) is 5.88. The van der Waals surface area contributed by atoms with Gasteiger partial charge in [0.25, 0.3) is 0 Å². The molecule has 1 atom stereocenters. The number of nitrogens with zero attached hydrogens (tertiary/aromatic N) is 1. The first-order valence-electron chi connectivity index (χ1n) is 7.77. The van der Waals surface area contributed by atoms with Crippen molar-refractivity contribution >= 4 is 11.5 Å². The van der Waals surface area contributed by atoms with Gasteiger partial charge in [-0.1, -0.05) is 18.6 Å². The SMILES string of the molecule is O=C1CCCCC1Cc1ccc(N2CCOCC2)cc1. The van der Waals surface area contributed by atoms with Crippen LogP contribution in [0, 0.1) is 5.92 Å². The predicted molar refractivity (Wildman–Crippen MR) is 80.1 cm³/mol. The molecule has 1 aliphatic carbocycles. The summed E-state index contributed by atoms with van der Waals surface area (Å²) in [5.74, 6) is 0.728. The maximum Gasteiger partial charge on any atom is 0.136 e. The molecule has 1 aliphatic heterocycles. The van der Waals surface area contributed by atoms with Crippen LogP contribution in [-0.2, 0) is 16.0 Å². The summed E-state index contributed by atoms with van der Waals surface area (Å²) in [6.45, 7) is 3.58. The van der Waals surface area contributed by atoms with Gasteiger partial charge in [0.2, 0.25) is 0 Å². The Balaban J connectivity index is 1.62. The highest BCUT2D eigenvalue weighted by atomic mass is 16.5. The third-order valence-electron chi connectivity index (χ3n) is 4.48. The van der Waals surface area contributed by atoms with Crippen LogP contribution >= 0.6 is 0 Å². The van der Waals surface area contributed by atoms with Crippen LogP contribution in [-0.4, -0.2) is 32.1 Å². The molecule has 20 heavy (non-hydrogen) atoms. The normalized spacial score (nSPS) is 23.9. The van der Waals surface area contributed by atoms with E-state index in [1.165, 1.54) is 17.7 Å². The van der Waals surface area contributed by atoms with Crippen molar-refractivity contribution in [3.63, 3.8) is 0 Å². The van der Waals surface area contributed by atoms with Crippen molar-refractivity contribution in [3.05, 3.63) is 29.8 Å². The van der Waals surface area contributed by atoms with E-state index in [4.69, 9.17) is 4.74 Å². The van der Waals surface area contributed by atoms with E-state index in [1.807, 2.05) is 0 Å². The van der Waals surface area contributed by atoms with Crippen LogP contribution in [0.15, 0.2) is 24.3 Å². The Morgan fingerprint density at radius 2 is 1.85 bits per heavy atom. The summed E-state index contributed by atoms with van der Waals surface area (Å²) in [5.41, 5.74) is 2.56. The van der Waals surface area contributed by atoms with E-state index in [9.17, 15) is 4.79 Å². The Morgan fingerprint density at radius 1 is 1.10 bits per heavy atom. The average Bonchev–Trinajstić information content (AvgIpc) is 2.51. The summed E-state index contributed by atoms with van der Waals surface area (Å²) in [6.07, 6.45) is 5.08. The standard InChI is InChI=1S/C17H23NO2/c19-17-4-2-1-3-15(17)13-14-5-7-16(8-6-14)18-9-11-20-12-10-18/h5-8,15H,1-4,9-13H2. The minimum atomic E-state index is 0.262. The molecule has 1 heterocycles. The Kier molecular flexibility index (Phi) is 4.36. The maximum atomic E-state index is 11.9. The number of ketones is 1. The van der Waals surface area contributed by atoms with Crippen LogP contribution in [0.2, 0.25) is 0 Å². The maximum absolute atomic E-state index is 11.9. The van der Waals surface area contributed by atoms with Gasteiger partial charge in [0.05, 0.1) is 13.2 Å². The van der Waals surface area contributed by atoms with Gasteiger partial charge < -0.3 is 9.64 Å². The molecule has 1 aromatic rings. The molecule has 1 unspecified atom stereocenters. The number of carbonyl (C=O) groups excluding carboxylic acids is 1. The lowest BCUT2D eigenvalue weighted by atomic mass is 9.84. The molecule has 0 N–H and O–H groups in total. The molecule has 1 aromatic carbocycles. The topological polar surface area (TPSA) is 29.5 Å². The van der Waals surface area contributed by atoms with E-state index < -0.39 is 0 Å².